The summed E-state index contributed by atoms with van der Waals surface area (Å²) in [5.41, 5.74) is 2.78. The van der Waals surface area contributed by atoms with Crippen molar-refractivity contribution in [2.75, 3.05) is 18.0 Å². The van der Waals surface area contributed by atoms with Crippen molar-refractivity contribution in [1.82, 2.24) is 0 Å². The molecule has 0 saturated carbocycles. The third-order valence-corrected chi connectivity index (χ3v) is 4.33. The highest BCUT2D eigenvalue weighted by Crippen LogP contribution is 2.36. The number of aliphatic hydroxyl groups is 1. The summed E-state index contributed by atoms with van der Waals surface area (Å²) in [6.07, 6.45) is 3.77. The summed E-state index contributed by atoms with van der Waals surface area (Å²) < 4.78 is 0. The highest BCUT2D eigenvalue weighted by molar-refractivity contribution is 5.53. The zero-order valence-electron chi connectivity index (χ0n) is 10.9. The number of anilines is 1. The average molecular weight is 233 g/mol. The third-order valence-electron chi connectivity index (χ3n) is 4.33. The van der Waals surface area contributed by atoms with Crippen molar-refractivity contribution in [2.24, 2.45) is 5.41 Å². The summed E-state index contributed by atoms with van der Waals surface area (Å²) in [6.45, 7) is 7.04. The van der Waals surface area contributed by atoms with Crippen LogP contribution in [0, 0.1) is 5.41 Å². The lowest BCUT2D eigenvalue weighted by Gasteiger charge is -2.40. The van der Waals surface area contributed by atoms with Crippen LogP contribution in [0.5, 0.6) is 0 Å². The Labute approximate surface area is 104 Å². The van der Waals surface area contributed by atoms with Crippen molar-refractivity contribution in [1.29, 1.82) is 0 Å². The molecule has 2 nitrogen and oxygen atoms in total. The molecule has 1 aromatic carbocycles. The van der Waals surface area contributed by atoms with Gasteiger partial charge in [-0.15, -0.1) is 0 Å². The molecule has 1 heterocycles. The first kappa shape index (κ1) is 12.4. The normalized spacial score (nSPS) is 19.4. The lowest BCUT2D eigenvalue weighted by Crippen LogP contribution is -2.38. The fourth-order valence-electron chi connectivity index (χ4n) is 2.59. The van der Waals surface area contributed by atoms with E-state index in [1.165, 1.54) is 24.9 Å². The summed E-state index contributed by atoms with van der Waals surface area (Å²) in [5.74, 6) is 0. The monoisotopic (exact) mass is 233 g/mol. The first-order valence-electron chi connectivity index (χ1n) is 6.62. The van der Waals surface area contributed by atoms with Gasteiger partial charge < -0.3 is 10.0 Å². The van der Waals surface area contributed by atoms with Crippen LogP contribution in [-0.4, -0.2) is 18.2 Å². The van der Waals surface area contributed by atoms with E-state index in [0.29, 0.717) is 5.41 Å². The zero-order chi connectivity index (χ0) is 12.3. The van der Waals surface area contributed by atoms with E-state index in [2.05, 4.69) is 30.9 Å². The van der Waals surface area contributed by atoms with Crippen LogP contribution in [0.4, 0.5) is 5.69 Å². The maximum atomic E-state index is 9.37. The average Bonchev–Trinajstić information content (AvgIpc) is 2.40. The second-order valence-electron chi connectivity index (χ2n) is 5.44. The van der Waals surface area contributed by atoms with Gasteiger partial charge >= 0.3 is 0 Å². The summed E-state index contributed by atoms with van der Waals surface area (Å²) in [4.78, 5) is 2.42. The minimum Gasteiger partial charge on any atom is -0.392 e. The van der Waals surface area contributed by atoms with Gasteiger partial charge in [0, 0.05) is 24.3 Å². The Bertz CT molecular complexity index is 367. The Morgan fingerprint density at radius 3 is 2.47 bits per heavy atom. The van der Waals surface area contributed by atoms with Gasteiger partial charge in [-0.25, -0.2) is 0 Å². The van der Waals surface area contributed by atoms with Crippen molar-refractivity contribution in [3.05, 3.63) is 29.8 Å². The molecule has 0 bridgehead atoms. The van der Waals surface area contributed by atoms with Crippen LogP contribution in [0.3, 0.4) is 0 Å². The molecule has 1 aliphatic heterocycles. The molecule has 0 aliphatic carbocycles. The van der Waals surface area contributed by atoms with Gasteiger partial charge in [-0.1, -0.05) is 38.5 Å². The van der Waals surface area contributed by atoms with Gasteiger partial charge in [0.2, 0.25) is 0 Å². The highest BCUT2D eigenvalue weighted by Gasteiger charge is 2.28. The van der Waals surface area contributed by atoms with Crippen molar-refractivity contribution in [3.8, 4) is 0 Å². The second kappa shape index (κ2) is 5.09. The first-order valence-corrected chi connectivity index (χ1v) is 6.62. The number of rotatable bonds is 3. The molecule has 17 heavy (non-hydrogen) atoms. The summed E-state index contributed by atoms with van der Waals surface area (Å²) in [7, 11) is 0. The molecule has 2 heteroatoms. The van der Waals surface area contributed by atoms with E-state index in [4.69, 9.17) is 0 Å². The van der Waals surface area contributed by atoms with Crippen LogP contribution >= 0.6 is 0 Å². The Morgan fingerprint density at radius 2 is 1.88 bits per heavy atom. The number of benzene rings is 1. The molecule has 1 N–H and O–H groups in total. The standard InChI is InChI=1S/C15H23NO/c1-3-15(2)8-10-16(11-9-15)14-7-5-4-6-13(14)12-17/h4-7,17H,3,8-12H2,1-2H3. The van der Waals surface area contributed by atoms with Crippen LogP contribution < -0.4 is 4.90 Å². The lowest BCUT2D eigenvalue weighted by molar-refractivity contribution is 0.237. The number of piperidine rings is 1. The highest BCUT2D eigenvalue weighted by atomic mass is 16.3. The Balaban J connectivity index is 2.10. The second-order valence-corrected chi connectivity index (χ2v) is 5.44. The van der Waals surface area contributed by atoms with Crippen molar-refractivity contribution < 1.29 is 5.11 Å². The predicted octanol–water partition coefficient (Wildman–Crippen LogP) is 3.20. The Kier molecular flexibility index (Phi) is 3.72. The Hall–Kier alpha value is -1.02. The van der Waals surface area contributed by atoms with Crippen LogP contribution in [0.1, 0.15) is 38.7 Å². The number of aliphatic hydroxyl groups excluding tert-OH is 1. The third kappa shape index (κ3) is 2.63. The van der Waals surface area contributed by atoms with Gasteiger partial charge in [-0.05, 0) is 24.3 Å². The fourth-order valence-corrected chi connectivity index (χ4v) is 2.59. The maximum Gasteiger partial charge on any atom is 0.0702 e. The molecule has 0 atom stereocenters. The molecule has 94 valence electrons. The summed E-state index contributed by atoms with van der Waals surface area (Å²) >= 11 is 0. The van der Waals surface area contributed by atoms with E-state index in [0.717, 1.165) is 18.7 Å². The molecule has 2 rings (SSSR count). The quantitative estimate of drug-likeness (QED) is 0.866. The molecule has 0 radical (unpaired) electrons. The van der Waals surface area contributed by atoms with E-state index in [-0.39, 0.29) is 6.61 Å². The topological polar surface area (TPSA) is 23.5 Å². The van der Waals surface area contributed by atoms with Gasteiger partial charge in [0.15, 0.2) is 0 Å². The smallest absolute Gasteiger partial charge is 0.0702 e. The molecule has 1 saturated heterocycles. The lowest BCUT2D eigenvalue weighted by atomic mass is 9.78. The van der Waals surface area contributed by atoms with Crippen LogP contribution in [0.2, 0.25) is 0 Å². The van der Waals surface area contributed by atoms with Crippen LogP contribution in [0.15, 0.2) is 24.3 Å². The van der Waals surface area contributed by atoms with E-state index in [1.807, 2.05) is 12.1 Å². The minimum absolute atomic E-state index is 0.137. The molecule has 1 aliphatic rings. The van der Waals surface area contributed by atoms with E-state index in [1.54, 1.807) is 0 Å². The number of hydrogen-bond acceptors (Lipinski definition) is 2. The number of nitrogens with zero attached hydrogens (tertiary/aromatic N) is 1. The van der Waals surface area contributed by atoms with Crippen molar-refractivity contribution in [3.63, 3.8) is 0 Å². The molecule has 0 amide bonds. The number of hydrogen-bond donors (Lipinski definition) is 1. The molecular weight excluding hydrogens is 210 g/mol. The minimum atomic E-state index is 0.137. The van der Waals surface area contributed by atoms with Gasteiger partial charge in [-0.3, -0.25) is 0 Å². The summed E-state index contributed by atoms with van der Waals surface area (Å²) in [5, 5.41) is 9.37. The number of para-hydroxylation sites is 1. The Morgan fingerprint density at radius 1 is 1.24 bits per heavy atom. The largest absolute Gasteiger partial charge is 0.392 e. The van der Waals surface area contributed by atoms with E-state index < -0.39 is 0 Å². The van der Waals surface area contributed by atoms with Crippen molar-refractivity contribution in [2.45, 2.75) is 39.7 Å². The van der Waals surface area contributed by atoms with Gasteiger partial charge in [0.1, 0.15) is 0 Å². The predicted molar refractivity (Wildman–Crippen MR) is 72.2 cm³/mol. The maximum absolute atomic E-state index is 9.37. The van der Waals surface area contributed by atoms with Gasteiger partial charge in [0.05, 0.1) is 6.61 Å². The van der Waals surface area contributed by atoms with E-state index >= 15 is 0 Å². The van der Waals surface area contributed by atoms with E-state index in [9.17, 15) is 5.11 Å². The molecule has 0 aromatic heterocycles. The van der Waals surface area contributed by atoms with Crippen LogP contribution in [0.25, 0.3) is 0 Å². The van der Waals surface area contributed by atoms with Gasteiger partial charge in [0.25, 0.3) is 0 Å². The molecule has 0 unspecified atom stereocenters. The molecule has 0 spiro atoms. The van der Waals surface area contributed by atoms with Crippen molar-refractivity contribution >= 4 is 5.69 Å². The molecule has 1 fully saturated rings. The van der Waals surface area contributed by atoms with Crippen LogP contribution in [-0.2, 0) is 6.61 Å². The zero-order valence-corrected chi connectivity index (χ0v) is 10.9. The fraction of sp³-hybridized carbons (Fsp3) is 0.600. The van der Waals surface area contributed by atoms with Gasteiger partial charge in [-0.2, -0.15) is 0 Å². The molecule has 1 aromatic rings. The first-order chi connectivity index (χ1) is 8.18. The SMILES string of the molecule is CCC1(C)CCN(c2ccccc2CO)CC1. The molecular formula is C15H23NO. The summed E-state index contributed by atoms with van der Waals surface area (Å²) in [6, 6.07) is 8.19.